The highest BCUT2D eigenvalue weighted by Gasteiger charge is 2.59. The van der Waals surface area contributed by atoms with Crippen LogP contribution in [-0.2, 0) is 42.7 Å². The first kappa shape index (κ1) is 33.9. The number of aliphatic hydroxyl groups excluding tert-OH is 1. The van der Waals surface area contributed by atoms with E-state index in [1.807, 2.05) is 6.92 Å². The van der Waals surface area contributed by atoms with Gasteiger partial charge in [0, 0.05) is 51.6 Å². The summed E-state index contributed by atoms with van der Waals surface area (Å²) in [6, 6.07) is 0. The summed E-state index contributed by atoms with van der Waals surface area (Å²) in [5.74, 6) is -0.495. The molecule has 8 fully saturated rings. The number of carbonyl (C=O) groups is 1. The average molecular weight is 673 g/mol. The highest BCUT2D eigenvalue weighted by atomic mass is 16.7. The number of aliphatic hydroxyl groups is 1. The molecular formula is C38H56O10. The van der Waals surface area contributed by atoms with Crippen molar-refractivity contribution in [1.82, 2.24) is 0 Å². The van der Waals surface area contributed by atoms with Crippen LogP contribution in [0.15, 0.2) is 24.3 Å². The van der Waals surface area contributed by atoms with Crippen LogP contribution in [0.25, 0.3) is 0 Å². The fraction of sp³-hybridized carbons (Fsp3) is 0.868. The summed E-state index contributed by atoms with van der Waals surface area (Å²) in [5, 5.41) is 11.1. The van der Waals surface area contributed by atoms with Crippen LogP contribution in [0, 0.1) is 11.8 Å². The minimum atomic E-state index is -0.916. The molecule has 8 saturated heterocycles. The van der Waals surface area contributed by atoms with Gasteiger partial charge in [0.25, 0.3) is 0 Å². The van der Waals surface area contributed by atoms with E-state index in [2.05, 4.69) is 20.1 Å². The van der Waals surface area contributed by atoms with Gasteiger partial charge in [-0.15, -0.1) is 0 Å². The molecule has 8 rings (SSSR count). The van der Waals surface area contributed by atoms with E-state index in [9.17, 15) is 9.90 Å². The van der Waals surface area contributed by atoms with Gasteiger partial charge in [-0.2, -0.15) is 0 Å². The molecule has 0 aromatic carbocycles. The molecule has 10 nitrogen and oxygen atoms in total. The summed E-state index contributed by atoms with van der Waals surface area (Å²) < 4.78 is 52.5. The lowest BCUT2D eigenvalue weighted by atomic mass is 9.81. The van der Waals surface area contributed by atoms with Crippen LogP contribution >= 0.6 is 0 Å². The summed E-state index contributed by atoms with van der Waals surface area (Å²) in [6.07, 6.45) is 6.07. The predicted molar refractivity (Wildman–Crippen MR) is 174 cm³/mol. The molecule has 8 heterocycles. The zero-order chi connectivity index (χ0) is 33.3. The van der Waals surface area contributed by atoms with Crippen molar-refractivity contribution >= 4 is 5.78 Å². The van der Waals surface area contributed by atoms with Gasteiger partial charge >= 0.3 is 0 Å². The van der Waals surface area contributed by atoms with E-state index in [1.165, 1.54) is 0 Å². The number of rotatable bonds is 1. The third-order valence-electron chi connectivity index (χ3n) is 13.0. The average Bonchev–Trinajstić information content (AvgIpc) is 3.64. The molecule has 0 aliphatic carbocycles. The monoisotopic (exact) mass is 672 g/mol. The van der Waals surface area contributed by atoms with Crippen molar-refractivity contribution < 1.29 is 47.8 Å². The summed E-state index contributed by atoms with van der Waals surface area (Å²) in [5.41, 5.74) is 2.24. The van der Waals surface area contributed by atoms with Gasteiger partial charge in [-0.25, -0.2) is 0 Å². The Morgan fingerprint density at radius 3 is 2.38 bits per heavy atom. The number of hydrogen-bond donors (Lipinski definition) is 1. The van der Waals surface area contributed by atoms with E-state index in [-0.39, 0.29) is 84.9 Å². The SMILES string of the molecule is C=C1C[C@@H]2CC[C@]34C[C@@H](O)[C@H](O3)[C@H]3C[C@@H](O4)[C@H]4O[C@H](CC[C@@H]4O3)CC(=O)C[C@@H]3[C@@H](OC)[C@@H](C)O[C@H]3C[C@H]3O[C@@H](CC[C@@H]1O2)C[C@@H](C)C3=C. The molecule has 0 aromatic rings. The van der Waals surface area contributed by atoms with E-state index in [0.717, 1.165) is 56.1 Å². The fourth-order valence-corrected chi connectivity index (χ4v) is 10.5. The predicted octanol–water partition coefficient (Wildman–Crippen LogP) is 4.73. The van der Waals surface area contributed by atoms with Crippen molar-refractivity contribution in [2.75, 3.05) is 7.11 Å². The Kier molecular flexibility index (Phi) is 9.47. The van der Waals surface area contributed by atoms with E-state index < -0.39 is 18.0 Å². The van der Waals surface area contributed by atoms with Gasteiger partial charge in [0.2, 0.25) is 0 Å². The minimum absolute atomic E-state index is 0.0106. The molecule has 8 aliphatic rings. The minimum Gasteiger partial charge on any atom is -0.390 e. The van der Waals surface area contributed by atoms with Crippen molar-refractivity contribution in [2.45, 2.75) is 189 Å². The molecule has 17 atom stereocenters. The van der Waals surface area contributed by atoms with E-state index in [4.69, 9.17) is 37.9 Å². The summed E-state index contributed by atoms with van der Waals surface area (Å²) in [4.78, 5) is 13.8. The summed E-state index contributed by atoms with van der Waals surface area (Å²) >= 11 is 0. The maximum absolute atomic E-state index is 13.8. The van der Waals surface area contributed by atoms with Crippen molar-refractivity contribution in [3.8, 4) is 0 Å². The number of ether oxygens (including phenoxy) is 8. The molecule has 8 aliphatic heterocycles. The largest absolute Gasteiger partial charge is 0.390 e. The lowest BCUT2D eigenvalue weighted by Gasteiger charge is -2.47. The first-order valence-electron chi connectivity index (χ1n) is 18.8. The molecule has 1 spiro atoms. The second kappa shape index (κ2) is 13.4. The van der Waals surface area contributed by atoms with Crippen LogP contribution in [-0.4, -0.2) is 109 Å². The van der Waals surface area contributed by atoms with Crippen LogP contribution in [0.4, 0.5) is 0 Å². The summed E-state index contributed by atoms with van der Waals surface area (Å²) in [6.45, 7) is 13.1. The third-order valence-corrected chi connectivity index (χ3v) is 13.0. The van der Waals surface area contributed by atoms with Crippen molar-refractivity contribution in [1.29, 1.82) is 0 Å². The zero-order valence-electron chi connectivity index (χ0n) is 29.0. The topological polar surface area (TPSA) is 111 Å². The summed E-state index contributed by atoms with van der Waals surface area (Å²) in [7, 11) is 1.71. The Hall–Kier alpha value is -1.21. The zero-order valence-corrected chi connectivity index (χ0v) is 29.0. The Balaban J connectivity index is 1.05. The van der Waals surface area contributed by atoms with Crippen molar-refractivity contribution in [3.05, 3.63) is 24.3 Å². The van der Waals surface area contributed by atoms with E-state index >= 15 is 0 Å². The molecule has 0 amide bonds. The van der Waals surface area contributed by atoms with Gasteiger partial charge in [0.05, 0.1) is 73.2 Å². The van der Waals surface area contributed by atoms with Gasteiger partial charge in [-0.3, -0.25) is 4.79 Å². The first-order chi connectivity index (χ1) is 23.1. The Labute approximate surface area is 285 Å². The number of methoxy groups -OCH3 is 1. The smallest absolute Gasteiger partial charge is 0.172 e. The second-order valence-corrected chi connectivity index (χ2v) is 16.3. The standard InChI is InChI=1S/C38H56O10/c1-19-12-24-6-8-29-20(2)13-26(43-29)10-11-38-18-28(40)36(48-38)33-17-34(47-38)37-30(46-33)9-7-25(45-37)14-23(39)15-27-32(16-31(44-24)21(19)3)42-22(4)35(27)41-5/h19,22,24-37,40H,2-3,6-18H2,1,4-5H3/t19-,22-,24+,25-,26+,27+,28-,29+,30+,31-,32+,33-,34-,35+,36+,37+,38-/m1/s1. The molecule has 0 radical (unpaired) electrons. The van der Waals surface area contributed by atoms with Crippen LogP contribution in [0.3, 0.4) is 0 Å². The molecule has 48 heavy (non-hydrogen) atoms. The molecular weight excluding hydrogens is 616 g/mol. The van der Waals surface area contributed by atoms with E-state index in [1.54, 1.807) is 7.11 Å². The Bertz CT molecular complexity index is 1240. The van der Waals surface area contributed by atoms with Gasteiger partial charge < -0.3 is 43.0 Å². The normalized spacial score (nSPS) is 52.9. The van der Waals surface area contributed by atoms with Crippen LogP contribution in [0.5, 0.6) is 0 Å². The number of Topliss-reactive ketones (excluding diaryl/α,β-unsaturated/α-hetero) is 1. The molecule has 10 bridgehead atoms. The Morgan fingerprint density at radius 2 is 1.54 bits per heavy atom. The van der Waals surface area contributed by atoms with Gasteiger partial charge in [0.1, 0.15) is 18.0 Å². The highest BCUT2D eigenvalue weighted by molar-refractivity contribution is 5.79. The fourth-order valence-electron chi connectivity index (χ4n) is 10.5. The maximum atomic E-state index is 13.8. The first-order valence-corrected chi connectivity index (χ1v) is 18.8. The molecule has 0 aromatic heterocycles. The van der Waals surface area contributed by atoms with Crippen molar-refractivity contribution in [2.24, 2.45) is 11.8 Å². The number of carbonyl (C=O) groups excluding carboxylic acids is 1. The quantitative estimate of drug-likeness (QED) is 0.393. The van der Waals surface area contributed by atoms with Gasteiger partial charge in [-0.1, -0.05) is 20.1 Å². The molecule has 1 N–H and O–H groups in total. The maximum Gasteiger partial charge on any atom is 0.172 e. The molecule has 268 valence electrons. The van der Waals surface area contributed by atoms with E-state index in [0.29, 0.717) is 44.4 Å². The van der Waals surface area contributed by atoms with Gasteiger partial charge in [0.15, 0.2) is 5.79 Å². The number of fused-ring (bicyclic) bond motifs is 9. The lowest BCUT2D eigenvalue weighted by Crippen LogP contribution is -2.58. The van der Waals surface area contributed by atoms with Crippen molar-refractivity contribution in [3.63, 3.8) is 0 Å². The second-order valence-electron chi connectivity index (χ2n) is 16.3. The molecule has 0 unspecified atom stereocenters. The van der Waals surface area contributed by atoms with Crippen LogP contribution < -0.4 is 0 Å². The van der Waals surface area contributed by atoms with Gasteiger partial charge in [-0.05, 0) is 68.9 Å². The Morgan fingerprint density at radius 1 is 0.750 bits per heavy atom. The number of hydrogen-bond acceptors (Lipinski definition) is 10. The highest BCUT2D eigenvalue weighted by Crippen LogP contribution is 2.49. The lowest BCUT2D eigenvalue weighted by molar-refractivity contribution is -0.277. The van der Waals surface area contributed by atoms with Crippen LogP contribution in [0.1, 0.15) is 97.3 Å². The molecule has 10 heteroatoms. The molecule has 0 saturated carbocycles. The number of ketones is 1. The van der Waals surface area contributed by atoms with Crippen LogP contribution in [0.2, 0.25) is 0 Å². The third kappa shape index (κ3) is 6.41.